The topological polar surface area (TPSA) is 91.4 Å². The van der Waals surface area contributed by atoms with Crippen LogP contribution in [0.3, 0.4) is 0 Å². The molecular formula is C16H20N4O3. The Morgan fingerprint density at radius 1 is 1.39 bits per heavy atom. The third kappa shape index (κ3) is 2.91. The monoisotopic (exact) mass is 316 g/mol. The number of carbonyl (C=O) groups excluding carboxylic acids is 3. The zero-order valence-electron chi connectivity index (χ0n) is 13.0. The van der Waals surface area contributed by atoms with Crippen LogP contribution in [-0.2, 0) is 9.59 Å². The standard InChI is InChI=1S/C16H20N4O3/c1-11(12-6-2-5-9-17-12)18-13(21)10-20-14(22)16(19-15(20)23)7-3-4-8-16/h2,5-6,9,11H,3-4,7-8,10H2,1H3,(H,18,21)(H,19,23). The summed E-state index contributed by atoms with van der Waals surface area (Å²) in [6.45, 7) is 1.55. The van der Waals surface area contributed by atoms with E-state index >= 15 is 0 Å². The zero-order valence-corrected chi connectivity index (χ0v) is 13.0. The van der Waals surface area contributed by atoms with E-state index in [1.165, 1.54) is 0 Å². The Balaban J connectivity index is 1.62. The molecule has 2 heterocycles. The fraction of sp³-hybridized carbons (Fsp3) is 0.500. The maximum Gasteiger partial charge on any atom is 0.325 e. The minimum Gasteiger partial charge on any atom is -0.346 e. The molecule has 23 heavy (non-hydrogen) atoms. The third-order valence-corrected chi connectivity index (χ3v) is 4.51. The molecule has 1 saturated carbocycles. The van der Waals surface area contributed by atoms with Crippen LogP contribution in [0.4, 0.5) is 4.79 Å². The lowest BCUT2D eigenvalue weighted by Gasteiger charge is -2.20. The molecule has 0 bridgehead atoms. The Labute approximate surface area is 134 Å². The molecular weight excluding hydrogens is 296 g/mol. The van der Waals surface area contributed by atoms with Gasteiger partial charge in [-0.1, -0.05) is 18.9 Å². The number of nitrogens with one attached hydrogen (secondary N) is 2. The summed E-state index contributed by atoms with van der Waals surface area (Å²) in [6.07, 6.45) is 4.80. The van der Waals surface area contributed by atoms with Gasteiger partial charge in [0.1, 0.15) is 12.1 Å². The molecule has 0 radical (unpaired) electrons. The number of hydrogen-bond donors (Lipinski definition) is 2. The Kier molecular flexibility index (Phi) is 4.02. The van der Waals surface area contributed by atoms with Crippen LogP contribution in [0, 0.1) is 0 Å². The van der Waals surface area contributed by atoms with E-state index < -0.39 is 11.6 Å². The lowest BCUT2D eigenvalue weighted by atomic mass is 9.98. The van der Waals surface area contributed by atoms with Crippen molar-refractivity contribution in [1.82, 2.24) is 20.5 Å². The van der Waals surface area contributed by atoms with Crippen molar-refractivity contribution in [2.45, 2.75) is 44.2 Å². The summed E-state index contributed by atoms with van der Waals surface area (Å²) in [5.41, 5.74) is -0.0467. The first-order valence-electron chi connectivity index (χ1n) is 7.86. The number of imide groups is 1. The van der Waals surface area contributed by atoms with Gasteiger partial charge in [-0.25, -0.2) is 4.79 Å². The Hall–Kier alpha value is -2.44. The highest BCUT2D eigenvalue weighted by Crippen LogP contribution is 2.34. The molecule has 1 aromatic heterocycles. The minimum absolute atomic E-state index is 0.260. The van der Waals surface area contributed by atoms with E-state index in [9.17, 15) is 14.4 Å². The molecule has 1 spiro atoms. The van der Waals surface area contributed by atoms with Gasteiger partial charge in [0.25, 0.3) is 5.91 Å². The summed E-state index contributed by atoms with van der Waals surface area (Å²) >= 11 is 0. The average Bonchev–Trinajstić information content (AvgIpc) is 3.09. The van der Waals surface area contributed by atoms with Crippen LogP contribution >= 0.6 is 0 Å². The highest BCUT2D eigenvalue weighted by atomic mass is 16.2. The SMILES string of the molecule is CC(NC(=O)CN1C(=O)NC2(CCCC2)C1=O)c1ccccn1. The number of aromatic nitrogens is 1. The predicted octanol–water partition coefficient (Wildman–Crippen LogP) is 1.12. The second-order valence-electron chi connectivity index (χ2n) is 6.15. The summed E-state index contributed by atoms with van der Waals surface area (Å²) < 4.78 is 0. The van der Waals surface area contributed by atoms with Gasteiger partial charge in [0.2, 0.25) is 5.91 Å². The molecule has 1 aliphatic heterocycles. The van der Waals surface area contributed by atoms with Gasteiger partial charge in [0.15, 0.2) is 0 Å². The molecule has 1 atom stereocenters. The molecule has 4 amide bonds. The first-order valence-corrected chi connectivity index (χ1v) is 7.86. The summed E-state index contributed by atoms with van der Waals surface area (Å²) in [7, 11) is 0. The third-order valence-electron chi connectivity index (χ3n) is 4.51. The smallest absolute Gasteiger partial charge is 0.325 e. The fourth-order valence-corrected chi connectivity index (χ4v) is 3.27. The molecule has 1 aromatic rings. The van der Waals surface area contributed by atoms with Crippen molar-refractivity contribution in [1.29, 1.82) is 0 Å². The van der Waals surface area contributed by atoms with Gasteiger partial charge in [0.05, 0.1) is 11.7 Å². The van der Waals surface area contributed by atoms with E-state index in [1.54, 1.807) is 12.3 Å². The first kappa shape index (κ1) is 15.5. The lowest BCUT2D eigenvalue weighted by Crippen LogP contribution is -2.45. The minimum atomic E-state index is -0.774. The summed E-state index contributed by atoms with van der Waals surface area (Å²) in [6, 6.07) is 4.69. The van der Waals surface area contributed by atoms with Gasteiger partial charge in [0, 0.05) is 6.20 Å². The normalized spacial score (nSPS) is 20.7. The van der Waals surface area contributed by atoms with Gasteiger partial charge in [-0.3, -0.25) is 19.5 Å². The van der Waals surface area contributed by atoms with Crippen LogP contribution in [0.15, 0.2) is 24.4 Å². The van der Waals surface area contributed by atoms with Gasteiger partial charge in [-0.05, 0) is 31.9 Å². The van der Waals surface area contributed by atoms with Gasteiger partial charge < -0.3 is 10.6 Å². The lowest BCUT2D eigenvalue weighted by molar-refractivity contribution is -0.135. The Morgan fingerprint density at radius 2 is 2.13 bits per heavy atom. The van der Waals surface area contributed by atoms with Crippen LogP contribution in [0.2, 0.25) is 0 Å². The van der Waals surface area contributed by atoms with Crippen molar-refractivity contribution in [3.63, 3.8) is 0 Å². The number of rotatable bonds is 4. The molecule has 1 unspecified atom stereocenters. The van der Waals surface area contributed by atoms with E-state index in [-0.39, 0.29) is 24.4 Å². The molecule has 2 N–H and O–H groups in total. The summed E-state index contributed by atoms with van der Waals surface area (Å²) in [5, 5.41) is 5.53. The van der Waals surface area contributed by atoms with Crippen molar-refractivity contribution in [2.24, 2.45) is 0 Å². The number of carbonyl (C=O) groups is 3. The van der Waals surface area contributed by atoms with Crippen molar-refractivity contribution in [3.8, 4) is 0 Å². The van der Waals surface area contributed by atoms with E-state index in [0.29, 0.717) is 12.8 Å². The van der Waals surface area contributed by atoms with Gasteiger partial charge in [-0.15, -0.1) is 0 Å². The molecule has 0 aromatic carbocycles. The summed E-state index contributed by atoms with van der Waals surface area (Å²) in [4.78, 5) is 41.9. The van der Waals surface area contributed by atoms with Crippen LogP contribution in [-0.4, -0.2) is 39.8 Å². The van der Waals surface area contributed by atoms with Crippen LogP contribution in [0.5, 0.6) is 0 Å². The number of hydrogen-bond acceptors (Lipinski definition) is 4. The molecule has 3 rings (SSSR count). The van der Waals surface area contributed by atoms with Crippen molar-refractivity contribution < 1.29 is 14.4 Å². The quantitative estimate of drug-likeness (QED) is 0.814. The van der Waals surface area contributed by atoms with Crippen LogP contribution in [0.1, 0.15) is 44.3 Å². The van der Waals surface area contributed by atoms with Crippen molar-refractivity contribution in [2.75, 3.05) is 6.54 Å². The average molecular weight is 316 g/mol. The zero-order chi connectivity index (χ0) is 16.4. The molecule has 2 fully saturated rings. The van der Waals surface area contributed by atoms with E-state index in [0.717, 1.165) is 23.4 Å². The molecule has 2 aliphatic rings. The van der Waals surface area contributed by atoms with E-state index in [4.69, 9.17) is 0 Å². The first-order chi connectivity index (χ1) is 11.0. The molecule has 7 nitrogen and oxygen atoms in total. The number of amides is 4. The van der Waals surface area contributed by atoms with Gasteiger partial charge >= 0.3 is 6.03 Å². The van der Waals surface area contributed by atoms with Crippen molar-refractivity contribution >= 4 is 17.8 Å². The maximum atomic E-state index is 12.5. The van der Waals surface area contributed by atoms with Crippen LogP contribution in [0.25, 0.3) is 0 Å². The van der Waals surface area contributed by atoms with E-state index in [2.05, 4.69) is 15.6 Å². The largest absolute Gasteiger partial charge is 0.346 e. The van der Waals surface area contributed by atoms with Gasteiger partial charge in [-0.2, -0.15) is 0 Å². The highest BCUT2D eigenvalue weighted by Gasteiger charge is 2.52. The summed E-state index contributed by atoms with van der Waals surface area (Å²) in [5.74, 6) is -0.651. The maximum absolute atomic E-state index is 12.5. The number of pyridine rings is 1. The predicted molar refractivity (Wildman–Crippen MR) is 82.2 cm³/mol. The molecule has 7 heteroatoms. The Morgan fingerprint density at radius 3 is 2.78 bits per heavy atom. The molecule has 1 saturated heterocycles. The van der Waals surface area contributed by atoms with Crippen molar-refractivity contribution in [3.05, 3.63) is 30.1 Å². The number of urea groups is 1. The van der Waals surface area contributed by atoms with E-state index in [1.807, 2.05) is 19.1 Å². The fourth-order valence-electron chi connectivity index (χ4n) is 3.27. The second-order valence-corrected chi connectivity index (χ2v) is 6.15. The molecule has 122 valence electrons. The molecule has 1 aliphatic carbocycles. The second kappa shape index (κ2) is 5.98. The highest BCUT2D eigenvalue weighted by molar-refractivity contribution is 6.09. The van der Waals surface area contributed by atoms with Crippen LogP contribution < -0.4 is 10.6 Å². The number of nitrogens with zero attached hydrogens (tertiary/aromatic N) is 2. The Bertz CT molecular complexity index is 625.